The molecule has 2 N–H and O–H groups in total. The van der Waals surface area contributed by atoms with Gasteiger partial charge in [0.15, 0.2) is 0 Å². The third kappa shape index (κ3) is 3.45. The number of carbonyl (C=O) groups is 2. The Hall–Kier alpha value is -1.14. The number of rotatable bonds is 3. The normalized spacial score (nSPS) is 27.9. The van der Waals surface area contributed by atoms with Crippen LogP contribution in [0, 0.1) is 0 Å². The first-order valence-electron chi connectivity index (χ1n) is 7.13. The number of nitrogens with one attached hydrogen (secondary N) is 2. The molecule has 2 heterocycles. The van der Waals surface area contributed by atoms with Crippen LogP contribution in [0.5, 0.6) is 0 Å². The second-order valence-corrected chi connectivity index (χ2v) is 5.02. The topological polar surface area (TPSA) is 70.7 Å². The van der Waals surface area contributed by atoms with Crippen LogP contribution >= 0.6 is 0 Å². The third-order valence-corrected chi connectivity index (χ3v) is 3.67. The number of piperidine rings is 1. The Balaban J connectivity index is 2.01. The molecule has 2 aliphatic rings. The lowest BCUT2D eigenvalue weighted by Crippen LogP contribution is -2.60. The second kappa shape index (κ2) is 6.86. The zero-order chi connectivity index (χ0) is 13.7. The van der Waals surface area contributed by atoms with Crippen molar-refractivity contribution in [1.82, 2.24) is 15.5 Å². The first-order valence-corrected chi connectivity index (χ1v) is 7.13. The summed E-state index contributed by atoms with van der Waals surface area (Å²) in [4.78, 5) is 26.2. The zero-order valence-corrected chi connectivity index (χ0v) is 11.5. The van der Waals surface area contributed by atoms with E-state index in [2.05, 4.69) is 10.6 Å². The fraction of sp³-hybridized carbons (Fsp3) is 0.846. The van der Waals surface area contributed by atoms with Crippen molar-refractivity contribution < 1.29 is 14.3 Å². The Kier molecular flexibility index (Phi) is 5.15. The minimum atomic E-state index is -0.482. The quantitative estimate of drug-likeness (QED) is 0.724. The number of ether oxygens (including phenoxy) is 1. The molecule has 2 amide bonds. The van der Waals surface area contributed by atoms with Gasteiger partial charge in [-0.25, -0.2) is 0 Å². The predicted molar refractivity (Wildman–Crippen MR) is 70.6 cm³/mol. The van der Waals surface area contributed by atoms with Gasteiger partial charge < -0.3 is 20.3 Å². The highest BCUT2D eigenvalue weighted by molar-refractivity contribution is 5.90. The highest BCUT2D eigenvalue weighted by Crippen LogP contribution is 2.14. The molecule has 0 aliphatic carbocycles. The van der Waals surface area contributed by atoms with Crippen molar-refractivity contribution in [3.05, 3.63) is 0 Å². The average molecular weight is 269 g/mol. The van der Waals surface area contributed by atoms with Gasteiger partial charge in [-0.05, 0) is 26.3 Å². The first kappa shape index (κ1) is 14.3. The molecule has 0 bridgehead atoms. The molecule has 6 nitrogen and oxygen atoms in total. The van der Waals surface area contributed by atoms with E-state index in [0.29, 0.717) is 26.3 Å². The molecular formula is C13H23N3O3. The SMILES string of the molecule is CCNC(=O)C1COCCN1C(=O)[C@@H]1CCCCN1. The Morgan fingerprint density at radius 3 is 2.95 bits per heavy atom. The molecule has 0 aromatic heterocycles. The number of carbonyl (C=O) groups excluding carboxylic acids is 2. The van der Waals surface area contributed by atoms with E-state index in [9.17, 15) is 9.59 Å². The largest absolute Gasteiger partial charge is 0.377 e. The van der Waals surface area contributed by atoms with Crippen LogP contribution in [0.1, 0.15) is 26.2 Å². The molecule has 2 aliphatic heterocycles. The number of hydrogen-bond acceptors (Lipinski definition) is 4. The number of hydrogen-bond donors (Lipinski definition) is 2. The summed E-state index contributed by atoms with van der Waals surface area (Å²) in [5.41, 5.74) is 0. The van der Waals surface area contributed by atoms with Gasteiger partial charge in [-0.2, -0.15) is 0 Å². The highest BCUT2D eigenvalue weighted by Gasteiger charge is 2.36. The summed E-state index contributed by atoms with van der Waals surface area (Å²) in [6.45, 7) is 4.62. The molecule has 2 atom stereocenters. The summed E-state index contributed by atoms with van der Waals surface area (Å²) in [6.07, 6.45) is 3.05. The minimum absolute atomic E-state index is 0.0410. The Bertz CT molecular complexity index is 329. The first-order chi connectivity index (χ1) is 9.24. The van der Waals surface area contributed by atoms with E-state index < -0.39 is 6.04 Å². The number of amides is 2. The lowest BCUT2D eigenvalue weighted by atomic mass is 10.0. The maximum absolute atomic E-state index is 12.5. The fourth-order valence-electron chi connectivity index (χ4n) is 2.64. The second-order valence-electron chi connectivity index (χ2n) is 5.02. The van der Waals surface area contributed by atoms with Crippen molar-refractivity contribution in [2.75, 3.05) is 32.8 Å². The summed E-state index contributed by atoms with van der Waals surface area (Å²) in [7, 11) is 0. The summed E-state index contributed by atoms with van der Waals surface area (Å²) >= 11 is 0. The third-order valence-electron chi connectivity index (χ3n) is 3.67. The molecule has 2 rings (SSSR count). The maximum Gasteiger partial charge on any atom is 0.245 e. The van der Waals surface area contributed by atoms with Gasteiger partial charge in [-0.1, -0.05) is 6.42 Å². The van der Waals surface area contributed by atoms with Crippen LogP contribution in [0.15, 0.2) is 0 Å². The standard InChI is InChI=1S/C13H23N3O3/c1-2-14-12(17)11-9-19-8-7-16(11)13(18)10-5-3-4-6-15-10/h10-11,15H,2-9H2,1H3,(H,14,17)/t10-,11?/m0/s1. The van der Waals surface area contributed by atoms with E-state index in [4.69, 9.17) is 4.74 Å². The van der Waals surface area contributed by atoms with Crippen molar-refractivity contribution >= 4 is 11.8 Å². The predicted octanol–water partition coefficient (Wildman–Crippen LogP) is -0.508. The van der Waals surface area contributed by atoms with Crippen molar-refractivity contribution in [3.63, 3.8) is 0 Å². The maximum atomic E-state index is 12.5. The number of nitrogens with zero attached hydrogens (tertiary/aromatic N) is 1. The lowest BCUT2D eigenvalue weighted by molar-refractivity contribution is -0.150. The van der Waals surface area contributed by atoms with E-state index in [-0.39, 0.29) is 17.9 Å². The molecule has 6 heteroatoms. The summed E-state index contributed by atoms with van der Waals surface area (Å²) in [5, 5.41) is 6.01. The number of likely N-dealkylation sites (N-methyl/N-ethyl adjacent to an activating group) is 1. The van der Waals surface area contributed by atoms with Crippen molar-refractivity contribution in [1.29, 1.82) is 0 Å². The molecule has 2 saturated heterocycles. The van der Waals surface area contributed by atoms with E-state index in [1.165, 1.54) is 0 Å². The fourth-order valence-corrected chi connectivity index (χ4v) is 2.64. The molecular weight excluding hydrogens is 246 g/mol. The van der Waals surface area contributed by atoms with Crippen LogP contribution in [0.2, 0.25) is 0 Å². The molecule has 0 saturated carbocycles. The number of morpholine rings is 1. The van der Waals surface area contributed by atoms with Crippen molar-refractivity contribution in [3.8, 4) is 0 Å². The van der Waals surface area contributed by atoms with Crippen LogP contribution in [-0.4, -0.2) is 61.6 Å². The van der Waals surface area contributed by atoms with Gasteiger partial charge in [0.2, 0.25) is 11.8 Å². The molecule has 19 heavy (non-hydrogen) atoms. The van der Waals surface area contributed by atoms with Gasteiger partial charge in [-0.3, -0.25) is 9.59 Å². The van der Waals surface area contributed by atoms with Gasteiger partial charge in [-0.15, -0.1) is 0 Å². The molecule has 0 aromatic rings. The Labute approximate surface area is 113 Å². The van der Waals surface area contributed by atoms with Crippen LogP contribution in [-0.2, 0) is 14.3 Å². The van der Waals surface area contributed by atoms with Gasteiger partial charge in [0.25, 0.3) is 0 Å². The molecule has 0 aromatic carbocycles. The molecule has 1 unspecified atom stereocenters. The van der Waals surface area contributed by atoms with E-state index in [0.717, 1.165) is 25.8 Å². The van der Waals surface area contributed by atoms with Crippen molar-refractivity contribution in [2.24, 2.45) is 0 Å². The molecule has 108 valence electrons. The van der Waals surface area contributed by atoms with E-state index >= 15 is 0 Å². The summed E-state index contributed by atoms with van der Waals surface area (Å²) in [5.74, 6) is -0.0781. The van der Waals surface area contributed by atoms with Gasteiger partial charge >= 0.3 is 0 Å². The van der Waals surface area contributed by atoms with Gasteiger partial charge in [0, 0.05) is 13.1 Å². The molecule has 2 fully saturated rings. The minimum Gasteiger partial charge on any atom is -0.377 e. The van der Waals surface area contributed by atoms with Gasteiger partial charge in [0.1, 0.15) is 6.04 Å². The zero-order valence-electron chi connectivity index (χ0n) is 11.5. The Morgan fingerprint density at radius 1 is 1.42 bits per heavy atom. The monoisotopic (exact) mass is 269 g/mol. The summed E-state index contributed by atoms with van der Waals surface area (Å²) < 4.78 is 5.34. The molecule has 0 radical (unpaired) electrons. The van der Waals surface area contributed by atoms with E-state index in [1.54, 1.807) is 4.90 Å². The molecule has 0 spiro atoms. The summed E-state index contributed by atoms with van der Waals surface area (Å²) in [6, 6.07) is -0.617. The van der Waals surface area contributed by atoms with E-state index in [1.807, 2.05) is 6.92 Å². The van der Waals surface area contributed by atoms with Crippen molar-refractivity contribution in [2.45, 2.75) is 38.3 Å². The van der Waals surface area contributed by atoms with Gasteiger partial charge in [0.05, 0.1) is 19.3 Å². The Morgan fingerprint density at radius 2 is 2.26 bits per heavy atom. The lowest BCUT2D eigenvalue weighted by Gasteiger charge is -2.37. The van der Waals surface area contributed by atoms with Crippen LogP contribution in [0.25, 0.3) is 0 Å². The highest BCUT2D eigenvalue weighted by atomic mass is 16.5. The van der Waals surface area contributed by atoms with Crippen LogP contribution in [0.3, 0.4) is 0 Å². The van der Waals surface area contributed by atoms with Crippen LogP contribution in [0.4, 0.5) is 0 Å². The van der Waals surface area contributed by atoms with Crippen LogP contribution < -0.4 is 10.6 Å². The smallest absolute Gasteiger partial charge is 0.245 e. The average Bonchev–Trinajstić information content (AvgIpc) is 2.47.